The van der Waals surface area contributed by atoms with Crippen LogP contribution < -0.4 is 15.2 Å². The van der Waals surface area contributed by atoms with Crippen molar-refractivity contribution in [2.75, 3.05) is 44.2 Å². The number of piperazine rings is 1. The Hall–Kier alpha value is -2.97. The largest absolute Gasteiger partial charge is 0.491 e. The van der Waals surface area contributed by atoms with Crippen LogP contribution in [0.15, 0.2) is 53.3 Å². The van der Waals surface area contributed by atoms with E-state index in [-0.39, 0.29) is 12.2 Å². The molecule has 1 fully saturated rings. The molecule has 30 heavy (non-hydrogen) atoms. The number of β-amino-alcohol motifs (C(OH)–C–C–N with tert-alkyl or cyclic N) is 1. The van der Waals surface area contributed by atoms with Crippen LogP contribution >= 0.6 is 0 Å². The molecule has 0 unspecified atom stereocenters. The first-order valence-electron chi connectivity index (χ1n) is 9.84. The number of ether oxygens (including phenoxy) is 1. The Kier molecular flexibility index (Phi) is 5.96. The van der Waals surface area contributed by atoms with Crippen molar-refractivity contribution in [3.8, 4) is 5.75 Å². The fourth-order valence-corrected chi connectivity index (χ4v) is 3.67. The molecule has 2 aromatic carbocycles. The van der Waals surface area contributed by atoms with Crippen LogP contribution in [0.5, 0.6) is 5.75 Å². The first-order chi connectivity index (χ1) is 14.5. The van der Waals surface area contributed by atoms with Gasteiger partial charge >= 0.3 is 0 Å². The third kappa shape index (κ3) is 4.77. The molecule has 0 saturated carbocycles. The molecule has 0 aliphatic carbocycles. The molecule has 1 saturated heterocycles. The summed E-state index contributed by atoms with van der Waals surface area (Å²) in [6.07, 6.45) is -0.676. The number of aromatic amines is 1. The third-order valence-electron chi connectivity index (χ3n) is 5.23. The van der Waals surface area contributed by atoms with Crippen LogP contribution in [0.25, 0.3) is 10.9 Å². The Morgan fingerprint density at radius 3 is 2.60 bits per heavy atom. The van der Waals surface area contributed by atoms with E-state index in [1.165, 1.54) is 18.2 Å². The second-order valence-corrected chi connectivity index (χ2v) is 7.42. The molecule has 0 amide bonds. The maximum absolute atomic E-state index is 14.0. The van der Waals surface area contributed by atoms with Crippen LogP contribution in [0, 0.1) is 11.6 Å². The number of anilines is 1. The fourth-order valence-electron chi connectivity index (χ4n) is 3.67. The number of fused-ring (bicyclic) bond motifs is 1. The predicted octanol–water partition coefficient (Wildman–Crippen LogP) is 2.37. The second-order valence-electron chi connectivity index (χ2n) is 7.42. The number of nitrogens with zero attached hydrogens (tertiary/aromatic N) is 2. The minimum absolute atomic E-state index is 0.141. The lowest BCUT2D eigenvalue weighted by atomic mass is 10.2. The van der Waals surface area contributed by atoms with Gasteiger partial charge in [-0.2, -0.15) is 0 Å². The summed E-state index contributed by atoms with van der Waals surface area (Å²) < 4.78 is 32.7. The zero-order valence-corrected chi connectivity index (χ0v) is 16.4. The first-order valence-corrected chi connectivity index (χ1v) is 9.84. The van der Waals surface area contributed by atoms with E-state index in [1.54, 1.807) is 18.2 Å². The smallest absolute Gasteiger partial charge is 0.248 e. The molecule has 0 bridgehead atoms. The van der Waals surface area contributed by atoms with Crippen LogP contribution in [0.2, 0.25) is 0 Å². The highest BCUT2D eigenvalue weighted by Crippen LogP contribution is 2.22. The van der Waals surface area contributed by atoms with E-state index >= 15 is 0 Å². The summed E-state index contributed by atoms with van der Waals surface area (Å²) in [5.41, 5.74) is 0.970. The summed E-state index contributed by atoms with van der Waals surface area (Å²) in [5, 5.41) is 11.2. The molecule has 2 heterocycles. The van der Waals surface area contributed by atoms with E-state index in [0.29, 0.717) is 44.2 Å². The maximum Gasteiger partial charge on any atom is 0.248 e. The van der Waals surface area contributed by atoms with Gasteiger partial charge in [-0.15, -0.1) is 0 Å². The average Bonchev–Trinajstić information content (AvgIpc) is 2.73. The zero-order valence-electron chi connectivity index (χ0n) is 16.4. The fraction of sp³-hybridized carbons (Fsp3) is 0.318. The quantitative estimate of drug-likeness (QED) is 0.647. The molecule has 8 heteroatoms. The van der Waals surface area contributed by atoms with Gasteiger partial charge in [-0.25, -0.2) is 8.78 Å². The number of hydrogen-bond donors (Lipinski definition) is 2. The number of aliphatic hydroxyl groups excluding tert-OH is 1. The Morgan fingerprint density at radius 1 is 1.03 bits per heavy atom. The molecule has 0 spiro atoms. The first kappa shape index (κ1) is 20.3. The van der Waals surface area contributed by atoms with Gasteiger partial charge in [-0.05, 0) is 36.4 Å². The molecule has 1 aliphatic heterocycles. The van der Waals surface area contributed by atoms with Gasteiger partial charge in [0.15, 0.2) is 0 Å². The predicted molar refractivity (Wildman–Crippen MR) is 111 cm³/mol. The molecule has 158 valence electrons. The van der Waals surface area contributed by atoms with E-state index in [1.807, 2.05) is 11.0 Å². The van der Waals surface area contributed by atoms with E-state index in [0.717, 1.165) is 17.0 Å². The summed E-state index contributed by atoms with van der Waals surface area (Å²) in [4.78, 5) is 18.1. The van der Waals surface area contributed by atoms with Gasteiger partial charge in [0.2, 0.25) is 5.56 Å². The number of pyridine rings is 1. The Labute approximate surface area is 172 Å². The molecule has 6 nitrogen and oxygen atoms in total. The molecule has 4 rings (SSSR count). The molecule has 0 radical (unpaired) electrons. The Morgan fingerprint density at radius 2 is 1.83 bits per heavy atom. The van der Waals surface area contributed by atoms with Crippen LogP contribution in [0.3, 0.4) is 0 Å². The van der Waals surface area contributed by atoms with Gasteiger partial charge in [-0.1, -0.05) is 0 Å². The topological polar surface area (TPSA) is 68.8 Å². The van der Waals surface area contributed by atoms with Crippen molar-refractivity contribution in [3.05, 3.63) is 70.5 Å². The number of hydrogen-bond acceptors (Lipinski definition) is 5. The van der Waals surface area contributed by atoms with Crippen molar-refractivity contribution >= 4 is 16.6 Å². The molecule has 1 atom stereocenters. The van der Waals surface area contributed by atoms with Crippen molar-refractivity contribution in [2.45, 2.75) is 6.10 Å². The van der Waals surface area contributed by atoms with Crippen LogP contribution in [0.1, 0.15) is 0 Å². The number of H-pyrrole nitrogens is 1. The summed E-state index contributed by atoms with van der Waals surface area (Å²) in [6.45, 7) is 3.11. The van der Waals surface area contributed by atoms with Crippen molar-refractivity contribution in [1.82, 2.24) is 9.88 Å². The zero-order chi connectivity index (χ0) is 21.1. The van der Waals surface area contributed by atoms with Gasteiger partial charge < -0.3 is 19.7 Å². The van der Waals surface area contributed by atoms with Gasteiger partial charge in [0.05, 0.1) is 5.69 Å². The lowest BCUT2D eigenvalue weighted by Gasteiger charge is -2.37. The average molecular weight is 415 g/mol. The SMILES string of the molecule is O=c1ccc2cc(OC[C@@H](O)CN3CCN(c4ccc(F)cc4F)CC3)ccc2[nH]1. The normalized spacial score (nSPS) is 16.0. The minimum Gasteiger partial charge on any atom is -0.491 e. The maximum atomic E-state index is 14.0. The number of halogens is 2. The summed E-state index contributed by atoms with van der Waals surface area (Å²) in [5.74, 6) is -0.528. The molecule has 1 aliphatic rings. The third-order valence-corrected chi connectivity index (χ3v) is 5.23. The monoisotopic (exact) mass is 415 g/mol. The van der Waals surface area contributed by atoms with Gasteiger partial charge in [0.1, 0.15) is 30.1 Å². The summed E-state index contributed by atoms with van der Waals surface area (Å²) in [6, 6.07) is 12.1. The van der Waals surface area contributed by atoms with Crippen molar-refractivity contribution in [1.29, 1.82) is 0 Å². The lowest BCUT2D eigenvalue weighted by molar-refractivity contribution is 0.0663. The molecule has 2 N–H and O–H groups in total. The highest BCUT2D eigenvalue weighted by atomic mass is 19.1. The molecule has 3 aromatic rings. The van der Waals surface area contributed by atoms with E-state index in [4.69, 9.17) is 4.74 Å². The van der Waals surface area contributed by atoms with E-state index < -0.39 is 17.7 Å². The molecule has 1 aromatic heterocycles. The number of aromatic nitrogens is 1. The van der Waals surface area contributed by atoms with E-state index in [9.17, 15) is 18.7 Å². The van der Waals surface area contributed by atoms with Crippen molar-refractivity contribution < 1.29 is 18.6 Å². The Bertz CT molecular complexity index is 1080. The Balaban J connectivity index is 1.26. The van der Waals surface area contributed by atoms with E-state index in [2.05, 4.69) is 9.88 Å². The number of benzene rings is 2. The van der Waals surface area contributed by atoms with Crippen molar-refractivity contribution in [3.63, 3.8) is 0 Å². The van der Waals surface area contributed by atoms with Gasteiger partial charge in [-0.3, -0.25) is 9.69 Å². The highest BCUT2D eigenvalue weighted by molar-refractivity contribution is 5.79. The summed E-state index contributed by atoms with van der Waals surface area (Å²) >= 11 is 0. The number of nitrogens with one attached hydrogen (secondary N) is 1. The highest BCUT2D eigenvalue weighted by Gasteiger charge is 2.21. The minimum atomic E-state index is -0.676. The van der Waals surface area contributed by atoms with Crippen LogP contribution in [0.4, 0.5) is 14.5 Å². The molecular formula is C22H23F2N3O3. The molecular weight excluding hydrogens is 392 g/mol. The number of aliphatic hydroxyl groups is 1. The summed E-state index contributed by atoms with van der Waals surface area (Å²) in [7, 11) is 0. The van der Waals surface area contributed by atoms with Gasteiger partial charge in [0, 0.05) is 55.8 Å². The van der Waals surface area contributed by atoms with Gasteiger partial charge in [0.25, 0.3) is 0 Å². The van der Waals surface area contributed by atoms with Crippen LogP contribution in [-0.2, 0) is 0 Å². The standard InChI is InChI=1S/C22H23F2N3O3/c23-16-2-5-21(19(24)12-16)27-9-7-26(8-10-27)13-17(28)14-30-18-3-4-20-15(11-18)1-6-22(29)25-20/h1-6,11-12,17,28H,7-10,13-14H2,(H,25,29)/t17-/m0/s1. The lowest BCUT2D eigenvalue weighted by Crippen LogP contribution is -2.49. The van der Waals surface area contributed by atoms with Crippen molar-refractivity contribution in [2.24, 2.45) is 0 Å². The van der Waals surface area contributed by atoms with Crippen LogP contribution in [-0.4, -0.2) is 60.4 Å². The number of rotatable bonds is 6. The second kappa shape index (κ2) is 8.81.